The van der Waals surface area contributed by atoms with Gasteiger partial charge in [-0.2, -0.15) is 4.39 Å². The van der Waals surface area contributed by atoms with Gasteiger partial charge in [0, 0.05) is 49.9 Å². The second-order valence-corrected chi connectivity index (χ2v) is 14.0. The fraction of sp³-hybridized carbons (Fsp3) is 0.378. The van der Waals surface area contributed by atoms with Crippen molar-refractivity contribution >= 4 is 40.8 Å². The first-order chi connectivity index (χ1) is 24.0. The van der Waals surface area contributed by atoms with Crippen LogP contribution in [0.25, 0.3) is 11.1 Å². The molecular formula is C37H38Cl2FN5O5. The summed E-state index contributed by atoms with van der Waals surface area (Å²) in [6.45, 7) is 2.38. The molecule has 2 aliphatic heterocycles. The Balaban J connectivity index is 1.13. The van der Waals surface area contributed by atoms with Gasteiger partial charge in [0.25, 0.3) is 5.91 Å². The zero-order chi connectivity index (χ0) is 35.3. The number of carbonyl (C=O) groups excluding carboxylic acids is 1. The molecule has 2 N–H and O–H groups in total. The molecule has 50 heavy (non-hydrogen) atoms. The first kappa shape index (κ1) is 34.3. The Hall–Kier alpha value is -4.16. The van der Waals surface area contributed by atoms with Crippen LogP contribution in [-0.4, -0.2) is 69.6 Å². The number of nitrogens with one attached hydrogen (secondary N) is 1. The number of hydrogen-bond acceptors (Lipinski definition) is 7. The average Bonchev–Trinajstić information content (AvgIpc) is 3.81. The number of aliphatic carboxylic acids is 1. The second kappa shape index (κ2) is 13.9. The molecule has 2 atom stereocenters. The summed E-state index contributed by atoms with van der Waals surface area (Å²) in [5.74, 6) is -1.76. The van der Waals surface area contributed by atoms with Crippen LogP contribution in [0.2, 0.25) is 10.0 Å². The fourth-order valence-electron chi connectivity index (χ4n) is 7.60. The number of likely N-dealkylation sites (N-methyl/N-ethyl adjacent to an activating group) is 1. The Morgan fingerprint density at radius 3 is 2.62 bits per heavy atom. The van der Waals surface area contributed by atoms with Crippen LogP contribution in [0.15, 0.2) is 42.5 Å². The number of imidazole rings is 1. The van der Waals surface area contributed by atoms with Crippen LogP contribution in [0.5, 0.6) is 11.5 Å². The highest BCUT2D eigenvalue weighted by molar-refractivity contribution is 6.36. The molecule has 7 rings (SSSR count). The number of aromatic nitrogens is 2. The minimum atomic E-state index is -0.902. The molecule has 0 bridgehead atoms. The minimum absolute atomic E-state index is 0.0175. The topological polar surface area (TPSA) is 109 Å². The van der Waals surface area contributed by atoms with Crippen LogP contribution in [0.4, 0.5) is 10.1 Å². The van der Waals surface area contributed by atoms with Crippen molar-refractivity contribution < 1.29 is 28.6 Å². The van der Waals surface area contributed by atoms with E-state index >= 15 is 4.39 Å². The zero-order valence-electron chi connectivity index (χ0n) is 28.1. The molecule has 1 fully saturated rings. The van der Waals surface area contributed by atoms with Gasteiger partial charge >= 0.3 is 5.97 Å². The number of rotatable bonds is 9. The van der Waals surface area contributed by atoms with E-state index in [-0.39, 0.29) is 29.0 Å². The number of ether oxygens (including phenoxy) is 2. The molecule has 1 saturated heterocycles. The van der Waals surface area contributed by atoms with E-state index in [0.717, 1.165) is 53.0 Å². The van der Waals surface area contributed by atoms with Crippen LogP contribution >= 0.6 is 23.2 Å². The first-order valence-corrected chi connectivity index (χ1v) is 17.4. The Morgan fingerprint density at radius 1 is 1.06 bits per heavy atom. The molecule has 0 spiro atoms. The van der Waals surface area contributed by atoms with Crippen molar-refractivity contribution in [1.82, 2.24) is 19.4 Å². The van der Waals surface area contributed by atoms with Gasteiger partial charge in [0.2, 0.25) is 5.82 Å². The quantitative estimate of drug-likeness (QED) is 0.192. The van der Waals surface area contributed by atoms with Crippen molar-refractivity contribution in [3.8, 4) is 22.6 Å². The van der Waals surface area contributed by atoms with Gasteiger partial charge < -0.3 is 29.4 Å². The standard InChI is InChI=1S/C37H38Cl2FN5O5/c1-43-16-14-28-27(19-43)41-35(44(28)2)36(46)42-26-10-5-9-24(31(26)39)21-7-4-8-23-22(21)12-13-30(23)50-34-25(38)17-20(33(49-3)32(34)40)18-45-15-6-11-29(45)37(47)48/h4-5,7-10,17,29-30H,6,11-16,18-19H2,1-3H3,(H,42,46)(H,47,48). The van der Waals surface area contributed by atoms with Crippen LogP contribution in [0.1, 0.15) is 64.1 Å². The van der Waals surface area contributed by atoms with Gasteiger partial charge in [-0.25, -0.2) is 4.98 Å². The lowest BCUT2D eigenvalue weighted by Crippen LogP contribution is -2.35. The van der Waals surface area contributed by atoms with Crippen molar-refractivity contribution in [2.24, 2.45) is 7.05 Å². The largest absolute Gasteiger partial charge is 0.493 e. The number of carbonyl (C=O) groups is 2. The number of benzene rings is 3. The van der Waals surface area contributed by atoms with Gasteiger partial charge in [-0.05, 0) is 68.1 Å². The molecule has 1 aliphatic carbocycles. The van der Waals surface area contributed by atoms with E-state index in [1.54, 1.807) is 17.0 Å². The van der Waals surface area contributed by atoms with Crippen molar-refractivity contribution in [1.29, 1.82) is 0 Å². The van der Waals surface area contributed by atoms with Crippen molar-refractivity contribution in [2.75, 3.05) is 32.6 Å². The molecule has 10 nitrogen and oxygen atoms in total. The Morgan fingerprint density at radius 2 is 1.84 bits per heavy atom. The van der Waals surface area contributed by atoms with Crippen LogP contribution in [0.3, 0.4) is 0 Å². The fourth-order valence-corrected chi connectivity index (χ4v) is 8.14. The molecule has 1 amide bonds. The zero-order valence-corrected chi connectivity index (χ0v) is 29.6. The summed E-state index contributed by atoms with van der Waals surface area (Å²) in [6, 6.07) is 12.3. The molecule has 0 saturated carbocycles. The van der Waals surface area contributed by atoms with Crippen molar-refractivity contribution in [2.45, 2.75) is 57.3 Å². The van der Waals surface area contributed by atoms with E-state index < -0.39 is 23.9 Å². The molecule has 4 aromatic rings. The molecule has 3 heterocycles. The number of carboxylic acids is 1. The van der Waals surface area contributed by atoms with Gasteiger partial charge in [-0.1, -0.05) is 53.5 Å². The van der Waals surface area contributed by atoms with Gasteiger partial charge in [0.15, 0.2) is 17.3 Å². The predicted molar refractivity (Wildman–Crippen MR) is 189 cm³/mol. The summed E-state index contributed by atoms with van der Waals surface area (Å²) in [5.41, 5.74) is 6.45. The second-order valence-electron chi connectivity index (χ2n) is 13.2. The van der Waals surface area contributed by atoms with E-state index in [1.807, 2.05) is 49.0 Å². The number of hydrogen-bond donors (Lipinski definition) is 2. The third-order valence-electron chi connectivity index (χ3n) is 10.1. The lowest BCUT2D eigenvalue weighted by molar-refractivity contribution is -0.142. The van der Waals surface area contributed by atoms with Crippen molar-refractivity contribution in [3.63, 3.8) is 0 Å². The highest BCUT2D eigenvalue weighted by Crippen LogP contribution is 2.46. The maximum absolute atomic E-state index is 16.0. The molecule has 2 unspecified atom stereocenters. The van der Waals surface area contributed by atoms with Crippen LogP contribution in [0, 0.1) is 5.82 Å². The summed E-state index contributed by atoms with van der Waals surface area (Å²) in [6.07, 6.45) is 2.84. The molecule has 3 aliphatic rings. The SMILES string of the molecule is COc1c(CN2CCCC2C(=O)O)cc(Cl)c(OC2CCc3c(-c4cccc(NC(=O)c5nc6c(n5C)CCN(C)C6)c4Cl)cccc32)c1F. The molecule has 1 aromatic heterocycles. The van der Waals surface area contributed by atoms with Gasteiger partial charge in [0.05, 0.1) is 28.5 Å². The number of halogens is 3. The molecule has 262 valence electrons. The van der Waals surface area contributed by atoms with Gasteiger partial charge in [-0.15, -0.1) is 0 Å². The number of anilines is 1. The maximum atomic E-state index is 16.0. The molecule has 13 heteroatoms. The highest BCUT2D eigenvalue weighted by atomic mass is 35.5. The number of methoxy groups -OCH3 is 1. The smallest absolute Gasteiger partial charge is 0.320 e. The minimum Gasteiger partial charge on any atom is -0.493 e. The Kier molecular flexibility index (Phi) is 9.51. The summed E-state index contributed by atoms with van der Waals surface area (Å²) in [5, 5.41) is 13.1. The molecule has 0 radical (unpaired) electrons. The summed E-state index contributed by atoms with van der Waals surface area (Å²) in [7, 11) is 5.28. The van der Waals surface area contributed by atoms with Crippen LogP contribution in [-0.2, 0) is 37.8 Å². The number of likely N-dealkylation sites (tertiary alicyclic amines) is 1. The van der Waals surface area contributed by atoms with Gasteiger partial charge in [-0.3, -0.25) is 14.5 Å². The number of nitrogens with zero attached hydrogens (tertiary/aromatic N) is 4. The maximum Gasteiger partial charge on any atom is 0.320 e. The van der Waals surface area contributed by atoms with E-state index in [4.69, 9.17) is 32.7 Å². The third kappa shape index (κ3) is 6.21. The first-order valence-electron chi connectivity index (χ1n) is 16.7. The third-order valence-corrected chi connectivity index (χ3v) is 10.8. The lowest BCUT2D eigenvalue weighted by Gasteiger charge is -2.24. The monoisotopic (exact) mass is 721 g/mol. The highest BCUT2D eigenvalue weighted by Gasteiger charge is 2.34. The van der Waals surface area contributed by atoms with Crippen LogP contribution < -0.4 is 14.8 Å². The number of fused-ring (bicyclic) bond motifs is 2. The Labute approximate surface area is 299 Å². The summed E-state index contributed by atoms with van der Waals surface area (Å²) >= 11 is 13.6. The number of carboxylic acid groups (broad SMARTS) is 1. The van der Waals surface area contributed by atoms with Gasteiger partial charge in [0.1, 0.15) is 12.1 Å². The summed E-state index contributed by atoms with van der Waals surface area (Å²) < 4.78 is 29.6. The predicted octanol–water partition coefficient (Wildman–Crippen LogP) is 6.90. The van der Waals surface area contributed by atoms with Crippen molar-refractivity contribution in [3.05, 3.63) is 92.2 Å². The normalized spacial score (nSPS) is 18.9. The Bertz CT molecular complexity index is 2000. The molecule has 3 aromatic carbocycles. The van der Waals surface area contributed by atoms with E-state index in [1.165, 1.54) is 7.11 Å². The molecular weight excluding hydrogens is 684 g/mol. The van der Waals surface area contributed by atoms with E-state index in [2.05, 4.69) is 15.2 Å². The van der Waals surface area contributed by atoms with E-state index in [9.17, 15) is 14.7 Å². The van der Waals surface area contributed by atoms with E-state index in [0.29, 0.717) is 54.4 Å². The summed E-state index contributed by atoms with van der Waals surface area (Å²) in [4.78, 5) is 33.8. The number of amides is 1. The lowest BCUT2D eigenvalue weighted by atomic mass is 9.96. The average molecular weight is 723 g/mol.